The second-order valence-electron chi connectivity index (χ2n) is 10.6. The molecule has 2 heterocycles. The smallest absolute Gasteiger partial charge is 0.231 e. The van der Waals surface area contributed by atoms with Crippen molar-refractivity contribution in [1.29, 1.82) is 0 Å². The molecule has 192 valence electrons. The molecule has 0 saturated carbocycles. The molecule has 2 aliphatic rings. The summed E-state index contributed by atoms with van der Waals surface area (Å²) in [5.41, 5.74) is 5.77. The van der Waals surface area contributed by atoms with Crippen LogP contribution in [0.2, 0.25) is 0 Å². The van der Waals surface area contributed by atoms with Crippen LogP contribution in [0, 0.1) is 6.92 Å². The molecule has 2 aliphatic heterocycles. The van der Waals surface area contributed by atoms with Gasteiger partial charge in [0.05, 0.1) is 19.8 Å². The van der Waals surface area contributed by atoms with Crippen LogP contribution in [0.15, 0.2) is 54.3 Å². The van der Waals surface area contributed by atoms with Crippen molar-refractivity contribution < 1.29 is 23.7 Å². The molecular weight excluding hydrogens is 466 g/mol. The Balaban J connectivity index is 1.36. The van der Waals surface area contributed by atoms with E-state index in [1.807, 2.05) is 49.4 Å². The van der Waals surface area contributed by atoms with Gasteiger partial charge >= 0.3 is 0 Å². The summed E-state index contributed by atoms with van der Waals surface area (Å²) in [6.45, 7) is 10.3. The first kappa shape index (κ1) is 24.9. The van der Waals surface area contributed by atoms with Crippen LogP contribution in [-0.2, 0) is 18.5 Å². The molecule has 6 heteroatoms. The number of ether oxygens (including phenoxy) is 4. The SMILES string of the molecule is COc1ccc(CN2COc3c(cc4c(c3C)O/C(=C\c3ccc(C(C)(C)C)cc3)C4=O)C2)cc1OC. The summed E-state index contributed by atoms with van der Waals surface area (Å²) in [7, 11) is 3.26. The lowest BCUT2D eigenvalue weighted by atomic mass is 9.86. The molecule has 0 spiro atoms. The van der Waals surface area contributed by atoms with Crippen LogP contribution in [0.25, 0.3) is 6.08 Å². The number of carbonyl (C=O) groups is 1. The number of benzene rings is 3. The highest BCUT2D eigenvalue weighted by atomic mass is 16.5. The van der Waals surface area contributed by atoms with E-state index in [1.165, 1.54) is 5.56 Å². The molecule has 0 N–H and O–H groups in total. The van der Waals surface area contributed by atoms with Crippen molar-refractivity contribution in [2.75, 3.05) is 21.0 Å². The molecule has 37 heavy (non-hydrogen) atoms. The van der Waals surface area contributed by atoms with E-state index in [4.69, 9.17) is 18.9 Å². The average Bonchev–Trinajstić information content (AvgIpc) is 3.19. The fourth-order valence-electron chi connectivity index (χ4n) is 4.87. The molecular formula is C31H33NO5. The first-order chi connectivity index (χ1) is 17.7. The van der Waals surface area contributed by atoms with Crippen molar-refractivity contribution in [3.05, 3.63) is 87.7 Å². The predicted molar refractivity (Wildman–Crippen MR) is 144 cm³/mol. The Labute approximate surface area is 218 Å². The number of ketones is 1. The first-order valence-electron chi connectivity index (χ1n) is 12.4. The third-order valence-corrected chi connectivity index (χ3v) is 6.93. The Morgan fingerprint density at radius 2 is 1.70 bits per heavy atom. The van der Waals surface area contributed by atoms with Gasteiger partial charge in [0, 0.05) is 24.2 Å². The Morgan fingerprint density at radius 1 is 0.973 bits per heavy atom. The average molecular weight is 500 g/mol. The summed E-state index contributed by atoms with van der Waals surface area (Å²) < 4.78 is 23.0. The molecule has 0 aliphatic carbocycles. The van der Waals surface area contributed by atoms with E-state index in [1.54, 1.807) is 14.2 Å². The van der Waals surface area contributed by atoms with E-state index in [0.29, 0.717) is 48.4 Å². The lowest BCUT2D eigenvalue weighted by Crippen LogP contribution is -2.32. The molecule has 3 aromatic carbocycles. The van der Waals surface area contributed by atoms with E-state index in [2.05, 4.69) is 37.8 Å². The van der Waals surface area contributed by atoms with Gasteiger partial charge in [0.15, 0.2) is 17.3 Å². The van der Waals surface area contributed by atoms with Gasteiger partial charge in [-0.15, -0.1) is 0 Å². The van der Waals surface area contributed by atoms with Crippen molar-refractivity contribution in [3.63, 3.8) is 0 Å². The molecule has 0 atom stereocenters. The molecule has 0 bridgehead atoms. The van der Waals surface area contributed by atoms with Gasteiger partial charge in [0.1, 0.15) is 18.2 Å². The summed E-state index contributed by atoms with van der Waals surface area (Å²) >= 11 is 0. The normalized spacial score (nSPS) is 16.2. The summed E-state index contributed by atoms with van der Waals surface area (Å²) in [6.07, 6.45) is 1.82. The monoisotopic (exact) mass is 499 g/mol. The Kier molecular flexibility index (Phi) is 6.46. The van der Waals surface area contributed by atoms with E-state index < -0.39 is 0 Å². The molecule has 0 radical (unpaired) electrons. The number of hydrogen-bond acceptors (Lipinski definition) is 6. The molecule has 0 fully saturated rings. The topological polar surface area (TPSA) is 57.2 Å². The number of Topliss-reactive ketones (excluding diaryl/α,β-unsaturated/α-hetero) is 1. The van der Waals surface area contributed by atoms with E-state index >= 15 is 0 Å². The molecule has 0 aromatic heterocycles. The largest absolute Gasteiger partial charge is 0.493 e. The summed E-state index contributed by atoms with van der Waals surface area (Å²) in [5.74, 6) is 3.02. The quantitative estimate of drug-likeness (QED) is 0.385. The van der Waals surface area contributed by atoms with E-state index in [-0.39, 0.29) is 11.2 Å². The van der Waals surface area contributed by atoms with Crippen LogP contribution in [0.1, 0.15) is 58.9 Å². The van der Waals surface area contributed by atoms with Crippen LogP contribution in [0.5, 0.6) is 23.0 Å². The van der Waals surface area contributed by atoms with Gasteiger partial charge in [-0.3, -0.25) is 9.69 Å². The van der Waals surface area contributed by atoms with Gasteiger partial charge in [-0.05, 0) is 53.3 Å². The standard InChI is InChI=1S/C31H33NO5/c1-19-29-22(17-32(18-36-29)16-21-9-12-25(34-5)26(14-21)35-6)15-24-28(33)27(37-30(19)24)13-20-7-10-23(11-8-20)31(2,3)4/h7-15H,16-18H2,1-6H3/b27-13-. The minimum absolute atomic E-state index is 0.0745. The lowest BCUT2D eigenvalue weighted by Gasteiger charge is -2.30. The first-order valence-corrected chi connectivity index (χ1v) is 12.4. The van der Waals surface area contributed by atoms with Crippen LogP contribution >= 0.6 is 0 Å². The van der Waals surface area contributed by atoms with Crippen LogP contribution < -0.4 is 18.9 Å². The highest BCUT2D eigenvalue weighted by Gasteiger charge is 2.33. The second-order valence-corrected chi connectivity index (χ2v) is 10.6. The maximum atomic E-state index is 13.3. The molecule has 6 nitrogen and oxygen atoms in total. The minimum atomic E-state index is -0.0992. The van der Waals surface area contributed by atoms with Gasteiger partial charge in [0.25, 0.3) is 0 Å². The number of fused-ring (bicyclic) bond motifs is 2. The number of allylic oxidation sites excluding steroid dienone is 1. The van der Waals surface area contributed by atoms with E-state index in [0.717, 1.165) is 28.0 Å². The highest BCUT2D eigenvalue weighted by molar-refractivity contribution is 6.15. The summed E-state index contributed by atoms with van der Waals surface area (Å²) in [4.78, 5) is 15.5. The van der Waals surface area contributed by atoms with Gasteiger partial charge in [-0.2, -0.15) is 0 Å². The highest BCUT2D eigenvalue weighted by Crippen LogP contribution is 2.43. The van der Waals surface area contributed by atoms with Crippen molar-refractivity contribution in [2.24, 2.45) is 0 Å². The maximum Gasteiger partial charge on any atom is 0.231 e. The number of hydrogen-bond donors (Lipinski definition) is 0. The van der Waals surface area contributed by atoms with Crippen LogP contribution in [0.4, 0.5) is 0 Å². The van der Waals surface area contributed by atoms with Gasteiger partial charge in [-0.25, -0.2) is 0 Å². The number of methoxy groups -OCH3 is 2. The summed E-state index contributed by atoms with van der Waals surface area (Å²) in [5, 5.41) is 0. The molecule has 0 unspecified atom stereocenters. The van der Waals surface area contributed by atoms with Crippen molar-refractivity contribution >= 4 is 11.9 Å². The zero-order chi connectivity index (χ0) is 26.3. The lowest BCUT2D eigenvalue weighted by molar-refractivity contribution is 0.0876. The second kappa shape index (κ2) is 9.60. The molecule has 5 rings (SSSR count). The zero-order valence-electron chi connectivity index (χ0n) is 22.3. The zero-order valence-corrected chi connectivity index (χ0v) is 22.3. The molecule has 0 saturated heterocycles. The predicted octanol–water partition coefficient (Wildman–Crippen LogP) is 6.28. The number of nitrogens with zero attached hydrogens (tertiary/aromatic N) is 1. The minimum Gasteiger partial charge on any atom is -0.493 e. The Bertz CT molecular complexity index is 1380. The van der Waals surface area contributed by atoms with Crippen molar-refractivity contribution in [2.45, 2.75) is 46.2 Å². The van der Waals surface area contributed by atoms with Gasteiger partial charge in [0.2, 0.25) is 5.78 Å². The van der Waals surface area contributed by atoms with Crippen molar-refractivity contribution in [3.8, 4) is 23.0 Å². The Hall–Kier alpha value is -3.77. The van der Waals surface area contributed by atoms with E-state index in [9.17, 15) is 4.79 Å². The third-order valence-electron chi connectivity index (χ3n) is 6.93. The number of rotatable bonds is 5. The van der Waals surface area contributed by atoms with Crippen molar-refractivity contribution in [1.82, 2.24) is 4.90 Å². The fourth-order valence-corrected chi connectivity index (χ4v) is 4.87. The number of carbonyl (C=O) groups excluding carboxylic acids is 1. The van der Waals surface area contributed by atoms with Gasteiger partial charge < -0.3 is 18.9 Å². The summed E-state index contributed by atoms with van der Waals surface area (Å²) in [6, 6.07) is 16.1. The van der Waals surface area contributed by atoms with Gasteiger partial charge in [-0.1, -0.05) is 51.1 Å². The third kappa shape index (κ3) is 4.81. The fraction of sp³-hybridized carbons (Fsp3) is 0.323. The molecule has 3 aromatic rings. The maximum absolute atomic E-state index is 13.3. The Morgan fingerprint density at radius 3 is 2.38 bits per heavy atom. The molecule has 0 amide bonds. The van der Waals surface area contributed by atoms with Crippen LogP contribution in [-0.4, -0.2) is 31.6 Å². The van der Waals surface area contributed by atoms with Crippen LogP contribution in [0.3, 0.4) is 0 Å².